The minimum Gasteiger partial charge on any atom is -0.340 e. The van der Waals surface area contributed by atoms with Crippen molar-refractivity contribution < 1.29 is 13.7 Å². The number of carbonyl (C=O) groups is 1. The molecule has 0 saturated heterocycles. The van der Waals surface area contributed by atoms with Crippen LogP contribution in [0.1, 0.15) is 41.8 Å². The minimum absolute atomic E-state index is 0.0170. The molecule has 158 valence electrons. The first-order valence-corrected chi connectivity index (χ1v) is 9.80. The predicted octanol–water partition coefficient (Wildman–Crippen LogP) is 3.89. The Balaban J connectivity index is 1.58. The molecule has 8 nitrogen and oxygen atoms in total. The van der Waals surface area contributed by atoms with Crippen molar-refractivity contribution in [2.24, 2.45) is 5.92 Å². The maximum Gasteiger partial charge on any atom is 0.255 e. The van der Waals surface area contributed by atoms with Crippen molar-refractivity contribution in [3.05, 3.63) is 78.0 Å². The number of aromatic nitrogens is 5. The van der Waals surface area contributed by atoms with Crippen LogP contribution in [0.25, 0.3) is 17.1 Å². The Morgan fingerprint density at radius 2 is 1.90 bits per heavy atom. The molecule has 0 radical (unpaired) electrons. The van der Waals surface area contributed by atoms with E-state index in [9.17, 15) is 9.18 Å². The highest BCUT2D eigenvalue weighted by molar-refractivity contribution is 5.95. The summed E-state index contributed by atoms with van der Waals surface area (Å²) in [4.78, 5) is 21.4. The van der Waals surface area contributed by atoms with Gasteiger partial charge in [-0.2, -0.15) is 10.1 Å². The predicted molar refractivity (Wildman–Crippen MR) is 111 cm³/mol. The molecule has 1 aromatic carbocycles. The largest absolute Gasteiger partial charge is 0.340 e. The zero-order valence-corrected chi connectivity index (χ0v) is 17.3. The highest BCUT2D eigenvalue weighted by atomic mass is 19.1. The molecule has 0 aliphatic carbocycles. The van der Waals surface area contributed by atoms with Crippen molar-refractivity contribution >= 4 is 5.91 Å². The third-order valence-electron chi connectivity index (χ3n) is 4.93. The Morgan fingerprint density at radius 3 is 2.61 bits per heavy atom. The quantitative estimate of drug-likeness (QED) is 0.508. The van der Waals surface area contributed by atoms with Gasteiger partial charge in [-0.15, -0.1) is 0 Å². The van der Waals surface area contributed by atoms with Crippen molar-refractivity contribution in [3.8, 4) is 17.1 Å². The lowest BCUT2D eigenvalue weighted by Crippen LogP contribution is -2.32. The van der Waals surface area contributed by atoms with Crippen molar-refractivity contribution in [2.45, 2.75) is 26.8 Å². The van der Waals surface area contributed by atoms with Gasteiger partial charge in [-0.25, -0.2) is 9.07 Å². The van der Waals surface area contributed by atoms with Gasteiger partial charge in [-0.05, 0) is 37.1 Å². The Bertz CT molecular complexity index is 1200. The highest BCUT2D eigenvalue weighted by Gasteiger charge is 2.27. The zero-order chi connectivity index (χ0) is 22.0. The summed E-state index contributed by atoms with van der Waals surface area (Å²) < 4.78 is 21.0. The third kappa shape index (κ3) is 4.07. The van der Waals surface area contributed by atoms with E-state index in [4.69, 9.17) is 4.52 Å². The molecule has 0 aliphatic heterocycles. The maximum absolute atomic E-state index is 14.2. The molecule has 1 N–H and O–H groups in total. The van der Waals surface area contributed by atoms with Crippen LogP contribution in [0.15, 0.2) is 59.5 Å². The summed E-state index contributed by atoms with van der Waals surface area (Å²) in [7, 11) is 0. The second-order valence-corrected chi connectivity index (χ2v) is 7.39. The van der Waals surface area contributed by atoms with Gasteiger partial charge in [0.25, 0.3) is 5.91 Å². The van der Waals surface area contributed by atoms with Gasteiger partial charge in [-0.1, -0.05) is 31.1 Å². The number of nitrogens with zero attached hydrogens (tertiary/aromatic N) is 5. The standard InChI is InChI=1S/C22H21FN6O2/c1-13(2)19(22-27-20(28-31-22)15-8-10-24-11-9-15)26-21(30)16-12-25-29(14(16)3)18-7-5-4-6-17(18)23/h4-13,19H,1-3H3,(H,26,30). The van der Waals surface area contributed by atoms with Gasteiger partial charge in [-0.3, -0.25) is 9.78 Å². The van der Waals surface area contributed by atoms with E-state index in [0.717, 1.165) is 5.56 Å². The van der Waals surface area contributed by atoms with E-state index in [1.54, 1.807) is 49.6 Å². The molecule has 4 aromatic rings. The lowest BCUT2D eigenvalue weighted by molar-refractivity contribution is 0.0913. The van der Waals surface area contributed by atoms with Crippen LogP contribution in [-0.4, -0.2) is 30.8 Å². The first-order chi connectivity index (χ1) is 15.0. The number of pyridine rings is 1. The van der Waals surface area contributed by atoms with Crippen molar-refractivity contribution in [3.63, 3.8) is 0 Å². The molecular formula is C22H21FN6O2. The molecule has 1 atom stereocenters. The molecule has 0 bridgehead atoms. The summed E-state index contributed by atoms with van der Waals surface area (Å²) in [5.74, 6) is -0.0792. The molecule has 1 unspecified atom stereocenters. The van der Waals surface area contributed by atoms with E-state index in [1.807, 2.05) is 13.8 Å². The van der Waals surface area contributed by atoms with Crippen LogP contribution in [0.4, 0.5) is 4.39 Å². The van der Waals surface area contributed by atoms with Crippen LogP contribution < -0.4 is 5.32 Å². The van der Waals surface area contributed by atoms with Crippen LogP contribution in [0.3, 0.4) is 0 Å². The van der Waals surface area contributed by atoms with Crippen LogP contribution in [-0.2, 0) is 0 Å². The van der Waals surface area contributed by atoms with E-state index in [-0.39, 0.29) is 17.5 Å². The SMILES string of the molecule is Cc1c(C(=O)NC(c2nc(-c3ccncc3)no2)C(C)C)cnn1-c1ccccc1F. The summed E-state index contributed by atoms with van der Waals surface area (Å²) >= 11 is 0. The molecule has 1 amide bonds. The number of halogens is 1. The van der Waals surface area contributed by atoms with Gasteiger partial charge < -0.3 is 9.84 Å². The fourth-order valence-corrected chi connectivity index (χ4v) is 3.21. The third-order valence-corrected chi connectivity index (χ3v) is 4.93. The van der Waals surface area contributed by atoms with E-state index < -0.39 is 11.9 Å². The Hall–Kier alpha value is -3.88. The summed E-state index contributed by atoms with van der Waals surface area (Å²) in [5.41, 5.74) is 1.90. The fourth-order valence-electron chi connectivity index (χ4n) is 3.21. The number of benzene rings is 1. The van der Waals surface area contributed by atoms with Crippen LogP contribution >= 0.6 is 0 Å². The maximum atomic E-state index is 14.2. The average Bonchev–Trinajstić information content (AvgIpc) is 3.40. The Kier molecular flexibility index (Phi) is 5.57. The lowest BCUT2D eigenvalue weighted by Gasteiger charge is -2.18. The van der Waals surface area contributed by atoms with E-state index >= 15 is 0 Å². The molecule has 9 heteroatoms. The minimum atomic E-state index is -0.508. The molecule has 0 spiro atoms. The number of hydrogen-bond acceptors (Lipinski definition) is 6. The van der Waals surface area contributed by atoms with E-state index in [0.29, 0.717) is 23.0 Å². The average molecular weight is 420 g/mol. The smallest absolute Gasteiger partial charge is 0.255 e. The molecule has 4 rings (SSSR count). The first-order valence-electron chi connectivity index (χ1n) is 9.80. The second-order valence-electron chi connectivity index (χ2n) is 7.39. The van der Waals surface area contributed by atoms with E-state index in [1.165, 1.54) is 16.9 Å². The van der Waals surface area contributed by atoms with Gasteiger partial charge in [0.15, 0.2) is 0 Å². The number of amides is 1. The number of para-hydroxylation sites is 1. The fraction of sp³-hybridized carbons (Fsp3) is 0.227. The molecule has 3 heterocycles. The van der Waals surface area contributed by atoms with Gasteiger partial charge >= 0.3 is 0 Å². The van der Waals surface area contributed by atoms with Crippen molar-refractivity contribution in [2.75, 3.05) is 0 Å². The number of rotatable bonds is 6. The molecule has 0 fully saturated rings. The second kappa shape index (κ2) is 8.47. The van der Waals surface area contributed by atoms with E-state index in [2.05, 4.69) is 25.5 Å². The number of nitrogens with one attached hydrogen (secondary N) is 1. The molecule has 31 heavy (non-hydrogen) atoms. The molecule has 3 aromatic heterocycles. The van der Waals surface area contributed by atoms with Gasteiger partial charge in [0.2, 0.25) is 11.7 Å². The summed E-state index contributed by atoms with van der Waals surface area (Å²) in [5, 5.41) is 11.2. The normalized spacial score (nSPS) is 12.2. The Morgan fingerprint density at radius 1 is 1.16 bits per heavy atom. The number of hydrogen-bond donors (Lipinski definition) is 1. The van der Waals surface area contributed by atoms with Gasteiger partial charge in [0, 0.05) is 18.0 Å². The summed E-state index contributed by atoms with van der Waals surface area (Å²) in [6.45, 7) is 5.60. The van der Waals surface area contributed by atoms with Gasteiger partial charge in [0.1, 0.15) is 17.5 Å². The van der Waals surface area contributed by atoms with Crippen molar-refractivity contribution in [1.82, 2.24) is 30.2 Å². The molecule has 0 saturated carbocycles. The summed E-state index contributed by atoms with van der Waals surface area (Å²) in [6.07, 6.45) is 4.71. The molecular weight excluding hydrogens is 399 g/mol. The Labute approximate surface area is 178 Å². The van der Waals surface area contributed by atoms with Crippen LogP contribution in [0.2, 0.25) is 0 Å². The topological polar surface area (TPSA) is 98.7 Å². The zero-order valence-electron chi connectivity index (χ0n) is 17.3. The summed E-state index contributed by atoms with van der Waals surface area (Å²) in [6, 6.07) is 9.31. The first kappa shape index (κ1) is 20.4. The monoisotopic (exact) mass is 420 g/mol. The number of carbonyl (C=O) groups excluding carboxylic acids is 1. The van der Waals surface area contributed by atoms with Gasteiger partial charge in [0.05, 0.1) is 17.5 Å². The van der Waals surface area contributed by atoms with Crippen molar-refractivity contribution in [1.29, 1.82) is 0 Å². The highest BCUT2D eigenvalue weighted by Crippen LogP contribution is 2.24. The van der Waals surface area contributed by atoms with Crippen LogP contribution in [0, 0.1) is 18.7 Å². The lowest BCUT2D eigenvalue weighted by atomic mass is 10.0. The molecule has 0 aliphatic rings. The van der Waals surface area contributed by atoms with Crippen LogP contribution in [0.5, 0.6) is 0 Å².